The van der Waals surface area contributed by atoms with Gasteiger partial charge in [0.2, 0.25) is 6.79 Å². The van der Waals surface area contributed by atoms with Crippen molar-refractivity contribution >= 4 is 17.3 Å². The number of carbonyl (C=O) groups excluding carboxylic acids is 1. The van der Waals surface area contributed by atoms with Crippen molar-refractivity contribution in [2.45, 2.75) is 0 Å². The smallest absolute Gasteiger partial charge is 0.343 e. The minimum absolute atomic E-state index is 0.0772. The van der Waals surface area contributed by atoms with Crippen LogP contribution < -0.4 is 19.5 Å². The molecule has 0 unspecified atom stereocenters. The summed E-state index contributed by atoms with van der Waals surface area (Å²) in [5.41, 5.74) is 0.190. The molecule has 0 fully saturated rings. The van der Waals surface area contributed by atoms with E-state index in [9.17, 15) is 14.9 Å². The van der Waals surface area contributed by atoms with Gasteiger partial charge in [-0.05, 0) is 24.3 Å². The number of carbonyl (C=O) groups is 1. The van der Waals surface area contributed by atoms with Gasteiger partial charge in [-0.3, -0.25) is 10.1 Å². The molecule has 0 amide bonds. The molecule has 0 saturated heterocycles. The number of anilines is 1. The van der Waals surface area contributed by atoms with Crippen LogP contribution in [0.25, 0.3) is 0 Å². The van der Waals surface area contributed by atoms with E-state index in [1.807, 2.05) is 0 Å². The molecule has 2 aromatic carbocycles. The van der Waals surface area contributed by atoms with Crippen LogP contribution >= 0.6 is 0 Å². The lowest BCUT2D eigenvalue weighted by atomic mass is 10.1. The van der Waals surface area contributed by atoms with E-state index in [4.69, 9.17) is 14.2 Å². The van der Waals surface area contributed by atoms with Crippen molar-refractivity contribution in [2.24, 2.45) is 0 Å². The molecule has 1 aliphatic heterocycles. The number of ether oxygens (including phenoxy) is 3. The van der Waals surface area contributed by atoms with Crippen LogP contribution in [-0.4, -0.2) is 24.7 Å². The summed E-state index contributed by atoms with van der Waals surface area (Å²) in [5, 5.41) is 13.7. The fourth-order valence-corrected chi connectivity index (χ4v) is 2.13. The van der Waals surface area contributed by atoms with Gasteiger partial charge in [0, 0.05) is 19.2 Å². The third kappa shape index (κ3) is 2.86. The van der Waals surface area contributed by atoms with Gasteiger partial charge in [-0.25, -0.2) is 4.79 Å². The zero-order chi connectivity index (χ0) is 16.4. The maximum Gasteiger partial charge on any atom is 0.343 e. The molecule has 118 valence electrons. The highest BCUT2D eigenvalue weighted by Crippen LogP contribution is 2.35. The van der Waals surface area contributed by atoms with Crippen molar-refractivity contribution in [3.05, 3.63) is 52.1 Å². The van der Waals surface area contributed by atoms with Crippen molar-refractivity contribution < 1.29 is 23.9 Å². The first-order valence-electron chi connectivity index (χ1n) is 6.66. The quantitative estimate of drug-likeness (QED) is 0.400. The molecule has 8 nitrogen and oxygen atoms in total. The number of nitro benzene ring substituents is 1. The molecular weight excluding hydrogens is 304 g/mol. The maximum atomic E-state index is 12.2. The molecule has 0 aromatic heterocycles. The average molecular weight is 316 g/mol. The van der Waals surface area contributed by atoms with Crippen molar-refractivity contribution in [2.75, 3.05) is 19.2 Å². The zero-order valence-electron chi connectivity index (χ0n) is 12.1. The fraction of sp³-hybridized carbons (Fsp3) is 0.133. The van der Waals surface area contributed by atoms with Gasteiger partial charge in [0.25, 0.3) is 5.69 Å². The van der Waals surface area contributed by atoms with Gasteiger partial charge in [0.15, 0.2) is 11.5 Å². The Labute approximate surface area is 130 Å². The Hall–Kier alpha value is -3.29. The van der Waals surface area contributed by atoms with E-state index in [0.717, 1.165) is 0 Å². The molecule has 0 radical (unpaired) electrons. The van der Waals surface area contributed by atoms with E-state index in [1.165, 1.54) is 24.3 Å². The van der Waals surface area contributed by atoms with Crippen LogP contribution in [0.15, 0.2) is 36.4 Å². The van der Waals surface area contributed by atoms with Gasteiger partial charge in [-0.2, -0.15) is 0 Å². The molecule has 0 atom stereocenters. The number of esters is 1. The largest absolute Gasteiger partial charge is 0.454 e. The number of rotatable bonds is 4. The Balaban J connectivity index is 1.83. The Kier molecular flexibility index (Phi) is 3.71. The summed E-state index contributed by atoms with van der Waals surface area (Å²) >= 11 is 0. The van der Waals surface area contributed by atoms with Gasteiger partial charge in [0.1, 0.15) is 11.4 Å². The molecule has 1 N–H and O–H groups in total. The SMILES string of the molecule is CNc1ccc(C(=O)Oc2ccc3c(c2)OCO3)cc1[N+](=O)[O-]. The van der Waals surface area contributed by atoms with Gasteiger partial charge < -0.3 is 19.5 Å². The molecule has 23 heavy (non-hydrogen) atoms. The number of nitrogens with one attached hydrogen (secondary N) is 1. The first kappa shape index (κ1) is 14.6. The predicted octanol–water partition coefficient (Wildman–Crippen LogP) is 2.58. The standard InChI is InChI=1S/C15H12N2O6/c1-16-11-4-2-9(6-12(11)17(19)20)15(18)23-10-3-5-13-14(7-10)22-8-21-13/h2-7,16H,8H2,1H3. The number of nitrogens with zero attached hydrogens (tertiary/aromatic N) is 1. The lowest BCUT2D eigenvalue weighted by Crippen LogP contribution is -2.09. The zero-order valence-corrected chi connectivity index (χ0v) is 12.1. The van der Waals surface area contributed by atoms with Crippen molar-refractivity contribution in [1.29, 1.82) is 0 Å². The van der Waals surface area contributed by atoms with Gasteiger partial charge in [-0.15, -0.1) is 0 Å². The second-order valence-electron chi connectivity index (χ2n) is 4.64. The lowest BCUT2D eigenvalue weighted by Gasteiger charge is -2.07. The van der Waals surface area contributed by atoms with Crippen LogP contribution in [0, 0.1) is 10.1 Å². The van der Waals surface area contributed by atoms with Crippen LogP contribution in [0.3, 0.4) is 0 Å². The van der Waals surface area contributed by atoms with Gasteiger partial charge in [-0.1, -0.05) is 0 Å². The second kappa shape index (κ2) is 5.84. The summed E-state index contributed by atoms with van der Waals surface area (Å²) in [5.74, 6) is 0.611. The molecule has 8 heteroatoms. The van der Waals surface area contributed by atoms with Crippen LogP contribution in [0.5, 0.6) is 17.2 Å². The number of hydrogen-bond acceptors (Lipinski definition) is 7. The molecule has 0 aliphatic carbocycles. The number of nitro groups is 1. The number of fused-ring (bicyclic) bond motifs is 1. The Morgan fingerprint density at radius 3 is 2.74 bits per heavy atom. The minimum atomic E-state index is -0.699. The van der Waals surface area contributed by atoms with E-state index < -0.39 is 10.9 Å². The molecule has 2 aromatic rings. The highest BCUT2D eigenvalue weighted by molar-refractivity contribution is 5.93. The molecule has 1 heterocycles. The molecule has 0 spiro atoms. The van der Waals surface area contributed by atoms with E-state index in [-0.39, 0.29) is 23.8 Å². The Bertz CT molecular complexity index is 790. The van der Waals surface area contributed by atoms with Gasteiger partial charge >= 0.3 is 5.97 Å². The third-order valence-electron chi connectivity index (χ3n) is 3.25. The topological polar surface area (TPSA) is 99.9 Å². The van der Waals surface area contributed by atoms with E-state index >= 15 is 0 Å². The number of benzene rings is 2. The summed E-state index contributed by atoms with van der Waals surface area (Å²) in [4.78, 5) is 22.6. The van der Waals surface area contributed by atoms with Crippen molar-refractivity contribution in [3.63, 3.8) is 0 Å². The van der Waals surface area contributed by atoms with Crippen LogP contribution in [-0.2, 0) is 0 Å². The lowest BCUT2D eigenvalue weighted by molar-refractivity contribution is -0.384. The second-order valence-corrected chi connectivity index (χ2v) is 4.64. The molecular formula is C15H12N2O6. The Morgan fingerprint density at radius 2 is 2.00 bits per heavy atom. The molecule has 3 rings (SSSR count). The Morgan fingerprint density at radius 1 is 1.22 bits per heavy atom. The third-order valence-corrected chi connectivity index (χ3v) is 3.25. The molecule has 0 saturated carbocycles. The molecule has 0 bridgehead atoms. The summed E-state index contributed by atoms with van der Waals surface area (Å²) in [7, 11) is 1.56. The van der Waals surface area contributed by atoms with Crippen molar-refractivity contribution in [1.82, 2.24) is 0 Å². The first-order chi connectivity index (χ1) is 11.1. The summed E-state index contributed by atoms with van der Waals surface area (Å²) in [6, 6.07) is 8.78. The summed E-state index contributed by atoms with van der Waals surface area (Å²) in [6.07, 6.45) is 0. The summed E-state index contributed by atoms with van der Waals surface area (Å²) in [6.45, 7) is 0.115. The van der Waals surface area contributed by atoms with E-state index in [0.29, 0.717) is 17.2 Å². The predicted molar refractivity (Wildman–Crippen MR) is 80.2 cm³/mol. The van der Waals surface area contributed by atoms with Gasteiger partial charge in [0.05, 0.1) is 10.5 Å². The minimum Gasteiger partial charge on any atom is -0.454 e. The van der Waals surface area contributed by atoms with Crippen LogP contribution in [0.4, 0.5) is 11.4 Å². The normalized spacial score (nSPS) is 11.9. The highest BCUT2D eigenvalue weighted by Gasteiger charge is 2.19. The summed E-state index contributed by atoms with van der Waals surface area (Å²) < 4.78 is 15.6. The fourth-order valence-electron chi connectivity index (χ4n) is 2.13. The first-order valence-corrected chi connectivity index (χ1v) is 6.66. The van der Waals surface area contributed by atoms with Crippen LogP contribution in [0.2, 0.25) is 0 Å². The highest BCUT2D eigenvalue weighted by atomic mass is 16.7. The average Bonchev–Trinajstić information content (AvgIpc) is 3.01. The van der Waals surface area contributed by atoms with Crippen LogP contribution in [0.1, 0.15) is 10.4 Å². The van der Waals surface area contributed by atoms with Crippen molar-refractivity contribution in [3.8, 4) is 17.2 Å². The maximum absolute atomic E-state index is 12.2. The van der Waals surface area contributed by atoms with E-state index in [2.05, 4.69) is 5.32 Å². The number of hydrogen-bond donors (Lipinski definition) is 1. The van der Waals surface area contributed by atoms with E-state index in [1.54, 1.807) is 19.2 Å². The molecule has 1 aliphatic rings. The monoisotopic (exact) mass is 316 g/mol.